The Hall–Kier alpha value is -9.22. The second-order valence-corrected chi connectivity index (χ2v) is 31.9. The number of hydrogen-bond acceptors (Lipinski definition) is 19. The summed E-state index contributed by atoms with van der Waals surface area (Å²) in [6.07, 6.45) is 8.02. The molecule has 1 saturated heterocycles. The molecular weight excluding hydrogens is 1380 g/mol. The summed E-state index contributed by atoms with van der Waals surface area (Å²) in [6.45, 7) is 9.81. The Balaban J connectivity index is 0.635. The molecule has 550 valence electrons. The molecule has 7 aliphatic rings. The Morgan fingerprint density at radius 2 is 1.65 bits per heavy atom. The van der Waals surface area contributed by atoms with Gasteiger partial charge in [0.1, 0.15) is 18.2 Å². The average molecular weight is 1470 g/mol. The molecule has 30 heteroatoms. The number of aromatic carboxylic acids is 1. The number of thiazole rings is 1. The molecule has 6 heterocycles. The molecule has 6 amide bonds. The second kappa shape index (κ2) is 29.0. The standard InChI is InChI=1S/C74H85N10O18PS/c1-44-54(85)36-56(65(91)92)102-67(44)101-55-21-19-46(35-53(55)77-60(87)25-27-75-59(86)18-6-5-9-29-83-61(88)23-24-62(83)89)13-11-32-99-69(95)81(28-12-34-103(96,97)98)31-33-100-73-41-71(4)39-70(3)40-72(42-73,74(70,71)73)43-84-45(2)50(37-76-84)48-20-22-58(79-63(48)66(93)94)82-30-26-47-14-10-15-49(51(47)38-82)64(90)80-68-78-52-16-7-8-17-57(52)104-68/h7-8,10-11,13-17,19-24,35,37,44,54,56,67,85H,5-6,9,12,18,25-34,36,38-43H2,1-4H3,(H,75,86)(H,77,87)(H,91,92)(H,93,94)(H,78,80,90)(H2,96,97,98)/b13-11+/t44?,54-,56-,67+,70?,71?,72?,73?,74?/m0/s1. The molecule has 104 heavy (non-hydrogen) atoms. The van der Waals surface area contributed by atoms with Gasteiger partial charge in [-0.15, -0.1) is 0 Å². The maximum atomic E-state index is 14.0. The first-order valence-corrected chi connectivity index (χ1v) is 37.8. The van der Waals surface area contributed by atoms with Crippen LogP contribution in [-0.4, -0.2) is 178 Å². The van der Waals surface area contributed by atoms with Gasteiger partial charge in [-0.2, -0.15) is 5.10 Å². The zero-order valence-corrected chi connectivity index (χ0v) is 59.9. The molecule has 9 atom stereocenters. The number of ether oxygens (including phenoxy) is 4. The van der Waals surface area contributed by atoms with Gasteiger partial charge in [-0.25, -0.2) is 24.4 Å². The van der Waals surface area contributed by atoms with E-state index in [4.69, 9.17) is 29.0 Å². The number of fused-ring (bicyclic) bond motifs is 2. The van der Waals surface area contributed by atoms with E-state index in [2.05, 4.69) is 34.8 Å². The summed E-state index contributed by atoms with van der Waals surface area (Å²) in [7, 11) is -4.42. The van der Waals surface area contributed by atoms with Crippen LogP contribution in [-0.2, 0) is 62.3 Å². The summed E-state index contributed by atoms with van der Waals surface area (Å²) in [5.41, 5.74) is 4.61. The van der Waals surface area contributed by atoms with E-state index in [1.807, 2.05) is 59.0 Å². The van der Waals surface area contributed by atoms with E-state index in [0.29, 0.717) is 78.5 Å². The number of nitrogens with one attached hydrogen (secondary N) is 3. The smallest absolute Gasteiger partial charge is 0.410 e. The van der Waals surface area contributed by atoms with Crippen LogP contribution >= 0.6 is 18.9 Å². The minimum atomic E-state index is -4.42. The number of aromatic nitrogens is 4. The van der Waals surface area contributed by atoms with Gasteiger partial charge >= 0.3 is 25.6 Å². The number of hydrogen-bond donors (Lipinski definition) is 8. The van der Waals surface area contributed by atoms with Crippen LogP contribution in [0.2, 0.25) is 0 Å². The van der Waals surface area contributed by atoms with Crippen molar-refractivity contribution in [1.29, 1.82) is 0 Å². The number of carbonyl (C=O) groups excluding carboxylic acids is 6. The van der Waals surface area contributed by atoms with Crippen LogP contribution in [0, 0.1) is 34.5 Å². The molecule has 0 bridgehead atoms. The third-order valence-electron chi connectivity index (χ3n) is 22.3. The molecule has 3 aromatic carbocycles. The van der Waals surface area contributed by atoms with Gasteiger partial charge in [0.05, 0.1) is 46.6 Å². The lowest BCUT2D eigenvalue weighted by Crippen LogP contribution is -3.01. The minimum absolute atomic E-state index is 0.0163. The number of aliphatic hydroxyl groups excluding tert-OH is 1. The number of nitrogens with zero attached hydrogens (tertiary/aromatic N) is 7. The molecule has 28 nitrogen and oxygen atoms in total. The highest BCUT2D eigenvalue weighted by molar-refractivity contribution is 7.51. The van der Waals surface area contributed by atoms with Gasteiger partial charge in [0, 0.05) is 116 Å². The van der Waals surface area contributed by atoms with E-state index < -0.39 is 67.7 Å². The number of carboxylic acids is 2. The Labute approximate surface area is 603 Å². The predicted molar refractivity (Wildman–Crippen MR) is 381 cm³/mol. The first kappa shape index (κ1) is 73.1. The third-order valence-corrected chi connectivity index (χ3v) is 24.2. The van der Waals surface area contributed by atoms with Crippen LogP contribution in [0.15, 0.2) is 97.2 Å². The van der Waals surface area contributed by atoms with Crippen LogP contribution in [0.4, 0.5) is 21.4 Å². The van der Waals surface area contributed by atoms with Gasteiger partial charge in [0.15, 0.2) is 16.9 Å². The molecule has 5 fully saturated rings. The van der Waals surface area contributed by atoms with Crippen molar-refractivity contribution < 1.29 is 87.0 Å². The number of benzene rings is 3. The Morgan fingerprint density at radius 1 is 0.865 bits per heavy atom. The quantitative estimate of drug-likeness (QED) is 0.0114. The summed E-state index contributed by atoms with van der Waals surface area (Å²) < 4.78 is 39.5. The van der Waals surface area contributed by atoms with Crippen molar-refractivity contribution in [3.8, 4) is 16.9 Å². The summed E-state index contributed by atoms with van der Waals surface area (Å²) in [6, 6.07) is 21.7. The molecule has 13 rings (SSSR count). The topological polar surface area (TPSA) is 381 Å². The first-order valence-electron chi connectivity index (χ1n) is 35.2. The average Bonchev–Trinajstić information content (AvgIpc) is 0.631. The molecule has 3 aromatic heterocycles. The Morgan fingerprint density at radius 3 is 2.40 bits per heavy atom. The fourth-order valence-corrected chi connectivity index (χ4v) is 20.1. The number of carbonyl (C=O) groups is 8. The fourth-order valence-electron chi connectivity index (χ4n) is 18.7. The van der Waals surface area contributed by atoms with Gasteiger partial charge in [-0.1, -0.05) is 74.9 Å². The number of rotatable bonds is 31. The van der Waals surface area contributed by atoms with Gasteiger partial charge in [-0.3, -0.25) is 43.4 Å². The monoisotopic (exact) mass is 1460 g/mol. The number of imide groups is 1. The lowest BCUT2D eigenvalue weighted by atomic mass is 9.03. The maximum Gasteiger partial charge on any atom is 0.410 e. The molecule has 3 aliphatic heterocycles. The number of aliphatic hydroxyl groups is 1. The summed E-state index contributed by atoms with van der Waals surface area (Å²) >= 11 is 1.40. The van der Waals surface area contributed by atoms with Crippen LogP contribution in [0.5, 0.6) is 5.75 Å². The molecule has 6 unspecified atom stereocenters. The normalized spacial score (nSPS) is 25.6. The highest BCUT2D eigenvalue weighted by atomic mass is 32.1. The molecule has 0 radical (unpaired) electrons. The van der Waals surface area contributed by atoms with Crippen molar-refractivity contribution in [2.75, 3.05) is 67.6 Å². The molecular formula is C74H85N10O18PS. The van der Waals surface area contributed by atoms with E-state index in [1.54, 1.807) is 49.5 Å². The number of unbranched alkanes of at least 4 members (excludes halogenated alkanes) is 2. The van der Waals surface area contributed by atoms with Crippen molar-refractivity contribution in [2.24, 2.45) is 27.6 Å². The minimum Gasteiger partial charge on any atom is -0.479 e. The number of amides is 6. The van der Waals surface area contributed by atoms with Crippen LogP contribution in [0.25, 0.3) is 27.4 Å². The van der Waals surface area contributed by atoms with Crippen molar-refractivity contribution in [2.45, 2.75) is 142 Å². The number of carboxylic acid groups (broad SMARTS) is 2. The van der Waals surface area contributed by atoms with Gasteiger partial charge in [0.25, 0.3) is 17.7 Å². The molecule has 4 saturated carbocycles. The molecule has 8 N–H and O–H groups in total. The van der Waals surface area contributed by atoms with Gasteiger partial charge in [-0.05, 0) is 134 Å². The Kier molecular flexibility index (Phi) is 20.4. The van der Waals surface area contributed by atoms with E-state index >= 15 is 0 Å². The fraction of sp³-hybridized carbons (Fsp3) is 0.473. The maximum absolute atomic E-state index is 14.0. The Bertz CT molecular complexity index is 4480. The van der Waals surface area contributed by atoms with Gasteiger partial charge < -0.3 is 64.5 Å². The SMILES string of the molecule is Cc1c(-c2ccc(N3CCc4cccc(C(=O)Nc5nc6ccccc6s5)c4C3)nc2C(=O)O)cnn1CC12CC3(C)CC4(C)CC(OCCN(CCCP(=O)(O)O)C(=O)OC/C=C/c5ccc(O[C@@H]6O[C@H](C(=O)O)C[C@H](O)C6C)c(NC(=O)CCNC(=O)CCCCCN6C(=O)C=CC6=O)c5)(C1)C342. The number of pyridine rings is 1. The third kappa shape index (κ3) is 13.9. The molecule has 6 aromatic rings. The summed E-state index contributed by atoms with van der Waals surface area (Å²) in [5.74, 6) is -4.42. The van der Waals surface area contributed by atoms with E-state index in [1.165, 1.54) is 34.5 Å². The number of anilines is 3. The van der Waals surface area contributed by atoms with E-state index in [0.717, 1.165) is 57.6 Å². The first-order chi connectivity index (χ1) is 49.6. The van der Waals surface area contributed by atoms with Crippen LogP contribution in [0.3, 0.4) is 0 Å². The predicted octanol–water partition coefficient (Wildman–Crippen LogP) is 8.96. The number of aliphatic carboxylic acids is 1. The van der Waals surface area contributed by atoms with Crippen molar-refractivity contribution in [3.63, 3.8) is 0 Å². The molecule has 4 aliphatic carbocycles. The van der Waals surface area contributed by atoms with Crippen LogP contribution < -0.4 is 25.6 Å². The summed E-state index contributed by atoms with van der Waals surface area (Å²) in [4.78, 5) is 136. The zero-order chi connectivity index (χ0) is 73.7. The van der Waals surface area contributed by atoms with Crippen molar-refractivity contribution in [3.05, 3.63) is 131 Å². The lowest BCUT2D eigenvalue weighted by molar-refractivity contribution is -0.570. The lowest BCUT2D eigenvalue weighted by Gasteiger charge is -3.02. The van der Waals surface area contributed by atoms with Gasteiger partial charge in [0.2, 0.25) is 18.1 Å². The highest BCUT2D eigenvalue weighted by Crippen LogP contribution is 3.03. The highest BCUT2D eigenvalue weighted by Gasteiger charge is 3.02. The van der Waals surface area contributed by atoms with Crippen LogP contribution in [0.1, 0.15) is 135 Å². The molecule has 1 spiro atoms. The van der Waals surface area contributed by atoms with Crippen molar-refractivity contribution in [1.82, 2.24) is 34.9 Å². The van der Waals surface area contributed by atoms with Crippen molar-refractivity contribution >= 4 is 99.4 Å². The zero-order valence-electron chi connectivity index (χ0n) is 58.2. The largest absolute Gasteiger partial charge is 0.479 e. The second-order valence-electron chi connectivity index (χ2n) is 29.1. The van der Waals surface area contributed by atoms with E-state index in [-0.39, 0.29) is 127 Å². The summed E-state index contributed by atoms with van der Waals surface area (Å²) in [5, 5.41) is 45.1. The van der Waals surface area contributed by atoms with E-state index in [9.17, 15) is 68.0 Å². The number of para-hydroxylation sites is 1.